The van der Waals surface area contributed by atoms with Crippen LogP contribution in [0, 0.1) is 0 Å². The summed E-state index contributed by atoms with van der Waals surface area (Å²) >= 11 is 0. The van der Waals surface area contributed by atoms with Crippen molar-refractivity contribution >= 4 is 17.8 Å². The van der Waals surface area contributed by atoms with Crippen molar-refractivity contribution in [3.05, 3.63) is 35.7 Å². The molecule has 0 saturated carbocycles. The predicted octanol–water partition coefficient (Wildman–Crippen LogP) is 2.37. The molecule has 0 aliphatic carbocycles. The molecule has 0 radical (unpaired) electrons. The lowest BCUT2D eigenvalue weighted by Gasteiger charge is -2.07. The normalized spacial score (nSPS) is 11.1. The number of ether oxygens (including phenoxy) is 1. The maximum Gasteiger partial charge on any atom is 0.451 e. The third-order valence-electron chi connectivity index (χ3n) is 3.30. The van der Waals surface area contributed by atoms with Crippen molar-refractivity contribution in [2.24, 2.45) is 0 Å². The van der Waals surface area contributed by atoms with Crippen molar-refractivity contribution in [2.75, 3.05) is 18.5 Å². The second-order valence-electron chi connectivity index (χ2n) is 5.46. The molecule has 0 spiro atoms. The molecule has 0 aliphatic rings. The van der Waals surface area contributed by atoms with Gasteiger partial charge in [0.15, 0.2) is 0 Å². The van der Waals surface area contributed by atoms with Gasteiger partial charge in [-0.25, -0.2) is 0 Å². The summed E-state index contributed by atoms with van der Waals surface area (Å²) in [6, 6.07) is 6.35. The summed E-state index contributed by atoms with van der Waals surface area (Å²) in [7, 11) is 0. The summed E-state index contributed by atoms with van der Waals surface area (Å²) in [5, 5.41) is 9.30. The average molecular weight is 385 g/mol. The van der Waals surface area contributed by atoms with Gasteiger partial charge in [0.25, 0.3) is 5.91 Å². The van der Waals surface area contributed by atoms with Gasteiger partial charge in [0, 0.05) is 5.56 Å². The average Bonchev–Trinajstić information content (AvgIpc) is 3.09. The number of anilines is 1. The standard InChI is InChI=1S/C16H18F3N5O3/c1-2-3-8-27-11-6-4-10(5-7-11)13(26)20-9-12(25)21-15-22-14(23-24-15)16(17,18)19/h4-7H,2-3,8-9H2,1H3,(H,20,26)(H2,21,22,23,24,25). The third-order valence-corrected chi connectivity index (χ3v) is 3.30. The minimum absolute atomic E-state index is 0.308. The Morgan fingerprint density at radius 3 is 2.52 bits per heavy atom. The smallest absolute Gasteiger partial charge is 0.451 e. The zero-order chi connectivity index (χ0) is 19.9. The van der Waals surface area contributed by atoms with Crippen LogP contribution in [0.25, 0.3) is 0 Å². The van der Waals surface area contributed by atoms with E-state index in [9.17, 15) is 22.8 Å². The van der Waals surface area contributed by atoms with Crippen LogP contribution in [0.1, 0.15) is 35.9 Å². The molecular formula is C16H18F3N5O3. The van der Waals surface area contributed by atoms with Crippen molar-refractivity contribution in [1.29, 1.82) is 0 Å². The first-order valence-corrected chi connectivity index (χ1v) is 8.10. The molecule has 0 atom stereocenters. The highest BCUT2D eigenvalue weighted by Gasteiger charge is 2.35. The number of halogens is 3. The number of rotatable bonds is 8. The van der Waals surface area contributed by atoms with E-state index in [1.54, 1.807) is 29.4 Å². The van der Waals surface area contributed by atoms with Crippen LogP contribution in [0.15, 0.2) is 24.3 Å². The number of amides is 2. The minimum atomic E-state index is -4.70. The van der Waals surface area contributed by atoms with Gasteiger partial charge in [0.05, 0.1) is 13.2 Å². The number of hydrogen-bond donors (Lipinski definition) is 3. The molecule has 0 fully saturated rings. The molecule has 11 heteroatoms. The Bertz CT molecular complexity index is 774. The van der Waals surface area contributed by atoms with Gasteiger partial charge in [0.1, 0.15) is 5.75 Å². The number of aromatic amines is 1. The Morgan fingerprint density at radius 1 is 1.22 bits per heavy atom. The second-order valence-corrected chi connectivity index (χ2v) is 5.46. The lowest BCUT2D eigenvalue weighted by Crippen LogP contribution is -2.33. The molecular weight excluding hydrogens is 367 g/mol. The molecule has 1 aromatic heterocycles. The SMILES string of the molecule is CCCCOc1ccc(C(=O)NCC(=O)Nc2n[nH]c(C(F)(F)F)n2)cc1. The number of carbonyl (C=O) groups excluding carboxylic acids is 2. The Labute approximate surface area is 152 Å². The number of nitrogens with zero attached hydrogens (tertiary/aromatic N) is 2. The highest BCUT2D eigenvalue weighted by atomic mass is 19.4. The fraction of sp³-hybridized carbons (Fsp3) is 0.375. The number of unbranched alkanes of at least 4 members (excludes halogenated alkanes) is 1. The van der Waals surface area contributed by atoms with E-state index in [0.717, 1.165) is 12.8 Å². The van der Waals surface area contributed by atoms with Crippen LogP contribution in [0.4, 0.5) is 19.1 Å². The van der Waals surface area contributed by atoms with Gasteiger partial charge in [-0.2, -0.15) is 18.2 Å². The molecule has 0 saturated heterocycles. The van der Waals surface area contributed by atoms with E-state index in [2.05, 4.69) is 20.7 Å². The zero-order valence-electron chi connectivity index (χ0n) is 14.4. The molecule has 0 bridgehead atoms. The van der Waals surface area contributed by atoms with Crippen molar-refractivity contribution in [1.82, 2.24) is 20.5 Å². The van der Waals surface area contributed by atoms with E-state index in [1.807, 2.05) is 6.92 Å². The number of nitrogens with one attached hydrogen (secondary N) is 3. The van der Waals surface area contributed by atoms with E-state index >= 15 is 0 Å². The van der Waals surface area contributed by atoms with Crippen molar-refractivity contribution in [2.45, 2.75) is 25.9 Å². The van der Waals surface area contributed by atoms with Crippen LogP contribution >= 0.6 is 0 Å². The zero-order valence-corrected chi connectivity index (χ0v) is 14.4. The van der Waals surface area contributed by atoms with Crippen LogP contribution in [-0.2, 0) is 11.0 Å². The molecule has 2 amide bonds. The fourth-order valence-electron chi connectivity index (χ4n) is 1.91. The van der Waals surface area contributed by atoms with E-state index in [-0.39, 0.29) is 0 Å². The number of hydrogen-bond acceptors (Lipinski definition) is 5. The topological polar surface area (TPSA) is 109 Å². The number of H-pyrrole nitrogens is 1. The molecule has 0 aliphatic heterocycles. The molecule has 0 unspecified atom stereocenters. The van der Waals surface area contributed by atoms with Crippen LogP contribution < -0.4 is 15.4 Å². The van der Waals surface area contributed by atoms with Crippen LogP contribution in [-0.4, -0.2) is 40.1 Å². The lowest BCUT2D eigenvalue weighted by molar-refractivity contribution is -0.144. The molecule has 3 N–H and O–H groups in total. The fourth-order valence-corrected chi connectivity index (χ4v) is 1.91. The highest BCUT2D eigenvalue weighted by Crippen LogP contribution is 2.26. The van der Waals surface area contributed by atoms with Gasteiger partial charge in [0.2, 0.25) is 17.7 Å². The van der Waals surface area contributed by atoms with Gasteiger partial charge in [-0.05, 0) is 30.7 Å². The first-order chi connectivity index (χ1) is 12.8. The number of carbonyl (C=O) groups is 2. The second kappa shape index (κ2) is 9.01. The van der Waals surface area contributed by atoms with E-state index in [4.69, 9.17) is 4.74 Å². The third kappa shape index (κ3) is 6.28. The summed E-state index contributed by atoms with van der Waals surface area (Å²) in [5.41, 5.74) is 0.308. The van der Waals surface area contributed by atoms with Gasteiger partial charge in [-0.1, -0.05) is 13.3 Å². The molecule has 8 nitrogen and oxygen atoms in total. The molecule has 1 heterocycles. The van der Waals surface area contributed by atoms with E-state index < -0.39 is 36.3 Å². The van der Waals surface area contributed by atoms with Gasteiger partial charge in [-0.3, -0.25) is 20.0 Å². The van der Waals surface area contributed by atoms with Gasteiger partial charge in [-0.15, -0.1) is 5.10 Å². The Balaban J connectivity index is 1.80. The largest absolute Gasteiger partial charge is 0.494 e. The maximum absolute atomic E-state index is 12.4. The summed E-state index contributed by atoms with van der Waals surface area (Å²) in [5.74, 6) is -2.52. The molecule has 146 valence electrons. The quantitative estimate of drug-likeness (QED) is 0.605. The van der Waals surface area contributed by atoms with E-state index in [0.29, 0.717) is 17.9 Å². The first-order valence-electron chi connectivity index (χ1n) is 8.10. The van der Waals surface area contributed by atoms with Gasteiger partial charge >= 0.3 is 6.18 Å². The summed E-state index contributed by atoms with van der Waals surface area (Å²) in [6.07, 6.45) is -2.77. The molecule has 1 aromatic carbocycles. The number of aromatic nitrogens is 3. The first kappa shape index (κ1) is 20.2. The van der Waals surface area contributed by atoms with Crippen LogP contribution in [0.2, 0.25) is 0 Å². The summed E-state index contributed by atoms with van der Waals surface area (Å²) in [6.45, 7) is 2.17. The van der Waals surface area contributed by atoms with Crippen molar-refractivity contribution in [3.63, 3.8) is 0 Å². The molecule has 2 rings (SSSR count). The molecule has 2 aromatic rings. The number of alkyl halides is 3. The van der Waals surface area contributed by atoms with E-state index in [1.165, 1.54) is 0 Å². The molecule has 27 heavy (non-hydrogen) atoms. The highest BCUT2D eigenvalue weighted by molar-refractivity contribution is 5.98. The monoisotopic (exact) mass is 385 g/mol. The Kier molecular flexibility index (Phi) is 6.74. The summed E-state index contributed by atoms with van der Waals surface area (Å²) in [4.78, 5) is 26.8. The maximum atomic E-state index is 12.4. The van der Waals surface area contributed by atoms with Crippen molar-refractivity contribution < 1.29 is 27.5 Å². The predicted molar refractivity (Wildman–Crippen MR) is 89.2 cm³/mol. The minimum Gasteiger partial charge on any atom is -0.494 e. The van der Waals surface area contributed by atoms with Crippen LogP contribution in [0.3, 0.4) is 0 Å². The number of benzene rings is 1. The van der Waals surface area contributed by atoms with Crippen molar-refractivity contribution in [3.8, 4) is 5.75 Å². The summed E-state index contributed by atoms with van der Waals surface area (Å²) < 4.78 is 42.6. The Morgan fingerprint density at radius 2 is 1.93 bits per heavy atom. The Hall–Kier alpha value is -3.11. The lowest BCUT2D eigenvalue weighted by atomic mass is 10.2. The van der Waals surface area contributed by atoms with Gasteiger partial charge < -0.3 is 10.1 Å². The van der Waals surface area contributed by atoms with Crippen LogP contribution in [0.5, 0.6) is 5.75 Å².